The van der Waals surface area contributed by atoms with Crippen molar-refractivity contribution in [2.75, 3.05) is 24.8 Å². The van der Waals surface area contributed by atoms with E-state index in [0.717, 1.165) is 22.0 Å². The summed E-state index contributed by atoms with van der Waals surface area (Å²) >= 11 is 1.09. The molecule has 178 valence electrons. The second-order valence-corrected chi connectivity index (χ2v) is 8.83. The van der Waals surface area contributed by atoms with Gasteiger partial charge in [0.15, 0.2) is 5.16 Å². The Balaban J connectivity index is 1.59. The second kappa shape index (κ2) is 10.4. The van der Waals surface area contributed by atoms with E-state index in [9.17, 15) is 19.2 Å². The molecular formula is C25H22N4O5S. The van der Waals surface area contributed by atoms with Crippen molar-refractivity contribution in [3.63, 3.8) is 0 Å². The molecule has 2 amide bonds. The molecule has 10 heteroatoms. The molecule has 2 aromatic carbocycles. The highest BCUT2D eigenvalue weighted by Gasteiger charge is 2.35. The topological polar surface area (TPSA) is 111 Å². The average molecular weight is 491 g/mol. The zero-order valence-electron chi connectivity index (χ0n) is 18.9. The van der Waals surface area contributed by atoms with Crippen LogP contribution in [-0.2, 0) is 20.9 Å². The molecule has 0 bridgehead atoms. The van der Waals surface area contributed by atoms with Crippen LogP contribution in [0.4, 0.5) is 0 Å². The minimum absolute atomic E-state index is 0.0454. The third-order valence-electron chi connectivity index (χ3n) is 5.57. The lowest BCUT2D eigenvalue weighted by Gasteiger charge is -2.18. The molecule has 0 aliphatic carbocycles. The van der Waals surface area contributed by atoms with E-state index in [1.165, 1.54) is 25.3 Å². The van der Waals surface area contributed by atoms with Gasteiger partial charge in [-0.1, -0.05) is 48.0 Å². The van der Waals surface area contributed by atoms with Crippen molar-refractivity contribution in [1.29, 1.82) is 0 Å². The smallest absolute Gasteiger partial charge is 0.337 e. The fourth-order valence-corrected chi connectivity index (χ4v) is 4.45. The Morgan fingerprint density at radius 2 is 2.00 bits per heavy atom. The van der Waals surface area contributed by atoms with Gasteiger partial charge in [0.2, 0.25) is 11.8 Å². The van der Waals surface area contributed by atoms with Crippen molar-refractivity contribution >= 4 is 40.4 Å². The zero-order valence-corrected chi connectivity index (χ0v) is 19.7. The predicted octanol–water partition coefficient (Wildman–Crippen LogP) is 2.03. The van der Waals surface area contributed by atoms with E-state index >= 15 is 0 Å². The van der Waals surface area contributed by atoms with Gasteiger partial charge < -0.3 is 9.64 Å². The SMILES string of the molecule is C#CCSc1nc2cc(C(=O)OC)ccc2c(=O)n1NC(=O)C1CC(=O)N(Cc2ccccc2)C1. The summed E-state index contributed by atoms with van der Waals surface area (Å²) in [6, 6.07) is 13.9. The van der Waals surface area contributed by atoms with Crippen molar-refractivity contribution < 1.29 is 19.1 Å². The van der Waals surface area contributed by atoms with E-state index in [0.29, 0.717) is 6.54 Å². The Bertz CT molecular complexity index is 1400. The lowest BCUT2D eigenvalue weighted by molar-refractivity contribution is -0.128. The van der Waals surface area contributed by atoms with E-state index in [4.69, 9.17) is 11.2 Å². The summed E-state index contributed by atoms with van der Waals surface area (Å²) in [5.74, 6) is 0.887. The number of nitrogens with one attached hydrogen (secondary N) is 1. The number of amides is 2. The van der Waals surface area contributed by atoms with Crippen LogP contribution in [0.25, 0.3) is 10.9 Å². The molecule has 2 heterocycles. The fourth-order valence-electron chi connectivity index (χ4n) is 3.82. The van der Waals surface area contributed by atoms with Crippen LogP contribution < -0.4 is 11.0 Å². The Kier molecular flexibility index (Phi) is 7.17. The Labute approximate surface area is 205 Å². The number of methoxy groups -OCH3 is 1. The average Bonchev–Trinajstić information content (AvgIpc) is 3.24. The molecule has 0 spiro atoms. The molecule has 1 unspecified atom stereocenters. The van der Waals surface area contributed by atoms with Crippen LogP contribution in [0.15, 0.2) is 58.5 Å². The Morgan fingerprint density at radius 3 is 2.71 bits per heavy atom. The number of terminal acetylenes is 1. The largest absolute Gasteiger partial charge is 0.465 e. The number of carbonyl (C=O) groups excluding carboxylic acids is 3. The van der Waals surface area contributed by atoms with E-state index in [2.05, 4.69) is 16.3 Å². The van der Waals surface area contributed by atoms with Gasteiger partial charge in [0.05, 0.1) is 35.2 Å². The van der Waals surface area contributed by atoms with Gasteiger partial charge in [-0.25, -0.2) is 9.78 Å². The fraction of sp³-hybridized carbons (Fsp3) is 0.240. The van der Waals surface area contributed by atoms with Crippen LogP contribution in [0.3, 0.4) is 0 Å². The summed E-state index contributed by atoms with van der Waals surface area (Å²) in [6.07, 6.45) is 5.42. The minimum atomic E-state index is -0.624. The molecule has 1 aliphatic heterocycles. The molecule has 1 fully saturated rings. The highest BCUT2D eigenvalue weighted by molar-refractivity contribution is 7.99. The van der Waals surface area contributed by atoms with Gasteiger partial charge in [-0.05, 0) is 23.8 Å². The van der Waals surface area contributed by atoms with Crippen LogP contribution in [0.1, 0.15) is 22.3 Å². The summed E-state index contributed by atoms with van der Waals surface area (Å²) in [7, 11) is 1.26. The summed E-state index contributed by atoms with van der Waals surface area (Å²) < 4.78 is 5.78. The normalized spacial score (nSPS) is 15.1. The molecule has 4 rings (SSSR count). The summed E-state index contributed by atoms with van der Waals surface area (Å²) in [5.41, 5.74) is 3.58. The molecule has 9 nitrogen and oxygen atoms in total. The van der Waals surface area contributed by atoms with Crippen molar-refractivity contribution in [1.82, 2.24) is 14.6 Å². The van der Waals surface area contributed by atoms with Gasteiger partial charge in [-0.15, -0.1) is 6.42 Å². The first-order valence-corrected chi connectivity index (χ1v) is 11.7. The molecular weight excluding hydrogens is 468 g/mol. The second-order valence-electron chi connectivity index (χ2n) is 7.89. The van der Waals surface area contributed by atoms with Gasteiger partial charge in [-0.3, -0.25) is 19.8 Å². The zero-order chi connectivity index (χ0) is 24.9. The maximum atomic E-state index is 13.2. The molecule has 1 saturated heterocycles. The maximum absolute atomic E-state index is 13.2. The van der Waals surface area contributed by atoms with Crippen LogP contribution in [0.5, 0.6) is 0 Å². The number of carbonyl (C=O) groups is 3. The van der Waals surface area contributed by atoms with Crippen molar-refractivity contribution in [3.8, 4) is 12.3 Å². The number of aromatic nitrogens is 2. The number of rotatable bonds is 7. The Hall–Kier alpha value is -4.10. The molecule has 1 N–H and O–H groups in total. The van der Waals surface area contributed by atoms with Crippen LogP contribution >= 0.6 is 11.8 Å². The minimum Gasteiger partial charge on any atom is -0.465 e. The highest BCUT2D eigenvalue weighted by atomic mass is 32.2. The van der Waals surface area contributed by atoms with E-state index < -0.39 is 23.4 Å². The molecule has 1 aliphatic rings. The number of nitrogens with zero attached hydrogens (tertiary/aromatic N) is 3. The lowest BCUT2D eigenvalue weighted by atomic mass is 10.1. The van der Waals surface area contributed by atoms with E-state index in [-0.39, 0.29) is 46.2 Å². The summed E-state index contributed by atoms with van der Waals surface area (Å²) in [6.45, 7) is 0.650. The van der Waals surface area contributed by atoms with Gasteiger partial charge in [0, 0.05) is 19.5 Å². The van der Waals surface area contributed by atoms with Crippen molar-refractivity contribution in [2.45, 2.75) is 18.1 Å². The summed E-state index contributed by atoms with van der Waals surface area (Å²) in [5, 5.41) is 0.373. The first-order chi connectivity index (χ1) is 16.9. The third kappa shape index (κ3) is 5.20. The molecule has 0 radical (unpaired) electrons. The van der Waals surface area contributed by atoms with Gasteiger partial charge in [-0.2, -0.15) is 4.68 Å². The van der Waals surface area contributed by atoms with Crippen LogP contribution in [0.2, 0.25) is 0 Å². The number of likely N-dealkylation sites (tertiary alicyclic amines) is 1. The number of fused-ring (bicyclic) bond motifs is 1. The number of benzene rings is 2. The van der Waals surface area contributed by atoms with Gasteiger partial charge in [0.25, 0.3) is 5.56 Å². The van der Waals surface area contributed by atoms with Crippen molar-refractivity contribution in [2.24, 2.45) is 5.92 Å². The molecule has 1 aromatic heterocycles. The predicted molar refractivity (Wildman–Crippen MR) is 131 cm³/mol. The maximum Gasteiger partial charge on any atom is 0.337 e. The molecule has 3 aromatic rings. The van der Waals surface area contributed by atoms with Crippen LogP contribution in [-0.4, -0.2) is 51.8 Å². The number of hydrogen-bond acceptors (Lipinski definition) is 7. The highest BCUT2D eigenvalue weighted by Crippen LogP contribution is 2.22. The van der Waals surface area contributed by atoms with E-state index in [1.807, 2.05) is 30.3 Å². The summed E-state index contributed by atoms with van der Waals surface area (Å²) in [4.78, 5) is 56.8. The van der Waals surface area contributed by atoms with Gasteiger partial charge in [0.1, 0.15) is 0 Å². The molecule has 35 heavy (non-hydrogen) atoms. The first-order valence-electron chi connectivity index (χ1n) is 10.7. The molecule has 0 saturated carbocycles. The van der Waals surface area contributed by atoms with Crippen molar-refractivity contribution in [3.05, 3.63) is 70.0 Å². The number of thioether (sulfide) groups is 1. The van der Waals surface area contributed by atoms with Gasteiger partial charge >= 0.3 is 5.97 Å². The van der Waals surface area contributed by atoms with E-state index in [1.54, 1.807) is 4.90 Å². The first kappa shape index (κ1) is 24.0. The Morgan fingerprint density at radius 1 is 1.23 bits per heavy atom. The number of esters is 1. The van der Waals surface area contributed by atoms with Crippen LogP contribution in [0, 0.1) is 18.3 Å². The number of hydrogen-bond donors (Lipinski definition) is 1. The lowest BCUT2D eigenvalue weighted by Crippen LogP contribution is -2.39. The monoisotopic (exact) mass is 490 g/mol. The quantitative estimate of drug-likeness (QED) is 0.234. The third-order valence-corrected chi connectivity index (χ3v) is 6.41. The number of ether oxygens (including phenoxy) is 1. The molecule has 1 atom stereocenters. The standard InChI is InChI=1S/C25H22N4O5S/c1-3-11-35-25-26-20-12-17(24(33)34-2)9-10-19(20)23(32)29(25)27-22(31)18-13-21(30)28(15-18)14-16-7-5-4-6-8-16/h1,4-10,12,18H,11,13-15H2,2H3,(H,27,31).